The number of nitrogens with one attached hydrogen (secondary N) is 1. The number of hydrogen-bond acceptors (Lipinski definition) is 5. The van der Waals surface area contributed by atoms with E-state index in [4.69, 9.17) is 22.1 Å². The molecule has 1 atom stereocenters. The first-order chi connectivity index (χ1) is 11.1. The molecule has 0 amide bonds. The Hall–Kier alpha value is -2.61. The Bertz CT molecular complexity index is 983. The minimum atomic E-state index is -0.465. The highest BCUT2D eigenvalue weighted by molar-refractivity contribution is 6.33. The summed E-state index contributed by atoms with van der Waals surface area (Å²) in [5.74, 6) is -0.354. The van der Waals surface area contributed by atoms with Gasteiger partial charge in [-0.15, -0.1) is 0 Å². The van der Waals surface area contributed by atoms with Crippen molar-refractivity contribution in [2.24, 2.45) is 0 Å². The molecule has 3 N–H and O–H groups in total. The first kappa shape index (κ1) is 14.0. The molecule has 0 saturated carbocycles. The highest BCUT2D eigenvalue weighted by Crippen LogP contribution is 2.37. The monoisotopic (exact) mass is 335 g/mol. The first-order valence-electron chi connectivity index (χ1n) is 6.90. The zero-order chi connectivity index (χ0) is 16.1. The number of nitrogens with two attached hydrogens (primary N) is 1. The van der Waals surface area contributed by atoms with Crippen LogP contribution < -0.4 is 16.2 Å². The van der Waals surface area contributed by atoms with Gasteiger partial charge in [0.1, 0.15) is 5.52 Å². The number of nitrogens with zero attached hydrogens (tertiary/aromatic N) is 3. The number of fused-ring (bicyclic) bond motifs is 2. The van der Waals surface area contributed by atoms with E-state index in [2.05, 4.69) is 15.0 Å². The Morgan fingerprint density at radius 2 is 2.26 bits per heavy atom. The Balaban J connectivity index is 2.00. The molecule has 1 aliphatic rings. The number of imidazole rings is 1. The van der Waals surface area contributed by atoms with Gasteiger partial charge in [0, 0.05) is 12.0 Å². The first-order valence-corrected chi connectivity index (χ1v) is 7.28. The predicted molar refractivity (Wildman–Crippen MR) is 82.2 cm³/mol. The molecule has 1 aliphatic heterocycles. The molecule has 23 heavy (non-hydrogen) atoms. The van der Waals surface area contributed by atoms with Crippen molar-refractivity contribution in [2.75, 3.05) is 12.3 Å². The van der Waals surface area contributed by atoms with Crippen molar-refractivity contribution in [1.82, 2.24) is 19.5 Å². The Labute approximate surface area is 133 Å². The number of H-pyrrole nitrogens is 1. The number of nitrogen functional groups attached to an aromatic ring is 1. The average Bonchev–Trinajstić information content (AvgIpc) is 2.84. The van der Waals surface area contributed by atoms with Gasteiger partial charge in [0.25, 0.3) is 0 Å². The molecule has 1 unspecified atom stereocenters. The van der Waals surface area contributed by atoms with Crippen LogP contribution in [0.25, 0.3) is 11.2 Å². The summed E-state index contributed by atoms with van der Waals surface area (Å²) in [6.07, 6.45) is 0.491. The number of anilines is 1. The molecule has 1 aromatic carbocycles. The Morgan fingerprint density at radius 1 is 1.43 bits per heavy atom. The van der Waals surface area contributed by atoms with E-state index < -0.39 is 17.5 Å². The van der Waals surface area contributed by atoms with Crippen molar-refractivity contribution in [3.05, 3.63) is 45.2 Å². The molecule has 3 aromatic rings. The van der Waals surface area contributed by atoms with Gasteiger partial charge in [0.05, 0.1) is 12.6 Å². The lowest BCUT2D eigenvalue weighted by Crippen LogP contribution is -2.28. The Kier molecular flexibility index (Phi) is 3.02. The number of aromatic nitrogens is 4. The minimum Gasteiger partial charge on any atom is -0.490 e. The van der Waals surface area contributed by atoms with Gasteiger partial charge >= 0.3 is 5.69 Å². The highest BCUT2D eigenvalue weighted by atomic mass is 35.5. The maximum absolute atomic E-state index is 13.9. The van der Waals surface area contributed by atoms with Gasteiger partial charge in [-0.2, -0.15) is 9.97 Å². The maximum Gasteiger partial charge on any atom is 0.328 e. The predicted octanol–water partition coefficient (Wildman–Crippen LogP) is 1.87. The molecule has 4 rings (SSSR count). The summed E-state index contributed by atoms with van der Waals surface area (Å²) in [5, 5.41) is 0.0647. The fraction of sp³-hybridized carbons (Fsp3) is 0.214. The molecule has 0 spiro atoms. The van der Waals surface area contributed by atoms with Crippen molar-refractivity contribution >= 4 is 28.7 Å². The van der Waals surface area contributed by atoms with Crippen LogP contribution in [0.2, 0.25) is 5.15 Å². The summed E-state index contributed by atoms with van der Waals surface area (Å²) >= 11 is 6.01. The number of hydrogen-bond donors (Lipinski definition) is 2. The topological polar surface area (TPSA) is 98.8 Å². The molecule has 118 valence electrons. The molecule has 0 bridgehead atoms. The van der Waals surface area contributed by atoms with Crippen LogP contribution in [-0.4, -0.2) is 26.1 Å². The molecule has 0 fully saturated rings. The van der Waals surface area contributed by atoms with Crippen molar-refractivity contribution in [3.8, 4) is 5.75 Å². The van der Waals surface area contributed by atoms with E-state index in [1.54, 1.807) is 12.1 Å². The van der Waals surface area contributed by atoms with E-state index >= 15 is 0 Å². The highest BCUT2D eigenvalue weighted by Gasteiger charge is 2.29. The SMILES string of the molecule is Nc1nc(Cl)c2[nH]c(=O)n(C3CCOc4c(F)cccc43)c2n1. The standard InChI is InChI=1S/C14H11ClFN5O2/c15-11-9-12(20-13(17)19-11)21(14(22)18-9)8-4-5-23-10-6(8)2-1-3-7(10)16/h1-3,8H,4-5H2,(H,18,22)(H2,17,19,20). The third-order valence-corrected chi connectivity index (χ3v) is 4.12. The molecule has 0 aliphatic carbocycles. The number of halogens is 2. The largest absolute Gasteiger partial charge is 0.490 e. The van der Waals surface area contributed by atoms with Crippen LogP contribution in [0.15, 0.2) is 23.0 Å². The quantitative estimate of drug-likeness (QED) is 0.661. The summed E-state index contributed by atoms with van der Waals surface area (Å²) in [6.45, 7) is 0.284. The lowest BCUT2D eigenvalue weighted by Gasteiger charge is -2.26. The molecule has 9 heteroatoms. The molecule has 2 aromatic heterocycles. The fourth-order valence-electron chi connectivity index (χ4n) is 2.91. The second-order valence-electron chi connectivity index (χ2n) is 5.18. The fourth-order valence-corrected chi connectivity index (χ4v) is 3.13. The van der Waals surface area contributed by atoms with Crippen molar-refractivity contribution in [2.45, 2.75) is 12.5 Å². The smallest absolute Gasteiger partial charge is 0.328 e. The third kappa shape index (κ3) is 2.06. The van der Waals surface area contributed by atoms with E-state index in [0.717, 1.165) is 0 Å². The summed E-state index contributed by atoms with van der Waals surface area (Å²) < 4.78 is 20.8. The number of rotatable bonds is 1. The van der Waals surface area contributed by atoms with E-state index in [1.165, 1.54) is 10.6 Å². The van der Waals surface area contributed by atoms with Crippen LogP contribution in [0.4, 0.5) is 10.3 Å². The van der Waals surface area contributed by atoms with Crippen molar-refractivity contribution in [3.63, 3.8) is 0 Å². The summed E-state index contributed by atoms with van der Waals surface area (Å²) in [5.41, 5.74) is 6.38. The molecule has 7 nitrogen and oxygen atoms in total. The molecular formula is C14H11ClFN5O2. The molecule has 0 radical (unpaired) electrons. The van der Waals surface area contributed by atoms with Crippen LogP contribution in [-0.2, 0) is 0 Å². The normalized spacial score (nSPS) is 17.0. The van der Waals surface area contributed by atoms with E-state index in [9.17, 15) is 9.18 Å². The third-order valence-electron chi connectivity index (χ3n) is 3.85. The van der Waals surface area contributed by atoms with Crippen molar-refractivity contribution < 1.29 is 9.13 Å². The number of para-hydroxylation sites is 1. The second kappa shape index (κ2) is 4.95. The molecular weight excluding hydrogens is 325 g/mol. The average molecular weight is 336 g/mol. The number of benzene rings is 1. The summed E-state index contributed by atoms with van der Waals surface area (Å²) in [6, 6.07) is 4.18. The summed E-state index contributed by atoms with van der Waals surface area (Å²) in [7, 11) is 0. The lowest BCUT2D eigenvalue weighted by atomic mass is 10.00. The zero-order valence-electron chi connectivity index (χ0n) is 11.7. The minimum absolute atomic E-state index is 0.0400. The van der Waals surface area contributed by atoms with Crippen molar-refractivity contribution in [1.29, 1.82) is 0 Å². The van der Waals surface area contributed by atoms with Crippen LogP contribution in [0, 0.1) is 5.82 Å². The van der Waals surface area contributed by atoms with E-state index in [1.807, 2.05) is 0 Å². The van der Waals surface area contributed by atoms with Gasteiger partial charge in [-0.1, -0.05) is 23.7 Å². The van der Waals surface area contributed by atoms with E-state index in [-0.39, 0.29) is 29.1 Å². The van der Waals surface area contributed by atoms with Crippen LogP contribution in [0.3, 0.4) is 0 Å². The number of ether oxygens (including phenoxy) is 1. The summed E-state index contributed by atoms with van der Waals surface area (Å²) in [4.78, 5) is 23.0. The van der Waals surface area contributed by atoms with Crippen LogP contribution in [0.5, 0.6) is 5.75 Å². The second-order valence-corrected chi connectivity index (χ2v) is 5.54. The van der Waals surface area contributed by atoms with Gasteiger partial charge in [-0.3, -0.25) is 4.57 Å². The lowest BCUT2D eigenvalue weighted by molar-refractivity contribution is 0.244. The van der Waals surface area contributed by atoms with Gasteiger partial charge in [-0.05, 0) is 6.07 Å². The van der Waals surface area contributed by atoms with Gasteiger partial charge in [0.2, 0.25) is 5.95 Å². The van der Waals surface area contributed by atoms with Crippen LogP contribution in [0.1, 0.15) is 18.0 Å². The molecule has 0 saturated heterocycles. The molecule has 3 heterocycles. The van der Waals surface area contributed by atoms with Gasteiger partial charge in [-0.25, -0.2) is 9.18 Å². The Morgan fingerprint density at radius 3 is 3.09 bits per heavy atom. The van der Waals surface area contributed by atoms with Gasteiger partial charge < -0.3 is 15.5 Å². The number of aromatic amines is 1. The zero-order valence-corrected chi connectivity index (χ0v) is 12.5. The maximum atomic E-state index is 13.9. The van der Waals surface area contributed by atoms with Gasteiger partial charge in [0.15, 0.2) is 22.4 Å². The van der Waals surface area contributed by atoms with E-state index in [0.29, 0.717) is 17.5 Å². The van der Waals surface area contributed by atoms with Crippen LogP contribution >= 0.6 is 11.6 Å².